The molecule has 1 saturated carbocycles. The fourth-order valence-corrected chi connectivity index (χ4v) is 3.93. The summed E-state index contributed by atoms with van der Waals surface area (Å²) in [4.78, 5) is 0. The van der Waals surface area contributed by atoms with Gasteiger partial charge in [-0.15, -0.1) is 0 Å². The average molecular weight is 378 g/mol. The van der Waals surface area contributed by atoms with Crippen LogP contribution in [0.5, 0.6) is 0 Å². The zero-order chi connectivity index (χ0) is 19.5. The third-order valence-electron chi connectivity index (χ3n) is 6.09. The molecule has 27 heavy (non-hydrogen) atoms. The highest BCUT2D eigenvalue weighted by molar-refractivity contribution is 5.13. The lowest BCUT2D eigenvalue weighted by atomic mass is 9.79. The molecule has 154 valence electrons. The van der Waals surface area contributed by atoms with Crippen molar-refractivity contribution < 1.29 is 14.6 Å². The molecule has 4 heteroatoms. The van der Waals surface area contributed by atoms with E-state index in [1.807, 2.05) is 6.07 Å². The number of rotatable bonds is 12. The van der Waals surface area contributed by atoms with E-state index in [1.165, 1.54) is 5.56 Å². The van der Waals surface area contributed by atoms with Crippen LogP contribution in [0.2, 0.25) is 0 Å². The molecule has 4 nitrogen and oxygen atoms in total. The van der Waals surface area contributed by atoms with Crippen molar-refractivity contribution in [3.8, 4) is 0 Å². The Morgan fingerprint density at radius 1 is 1.07 bits per heavy atom. The number of aliphatic hydroxyl groups is 1. The molecule has 1 aromatic rings. The van der Waals surface area contributed by atoms with Crippen LogP contribution in [0.3, 0.4) is 0 Å². The Bertz CT molecular complexity index is 502. The number of ether oxygens (including phenoxy) is 2. The second-order valence-electron chi connectivity index (χ2n) is 8.24. The van der Waals surface area contributed by atoms with E-state index in [1.54, 1.807) is 0 Å². The van der Waals surface area contributed by atoms with Crippen molar-refractivity contribution in [1.29, 1.82) is 0 Å². The highest BCUT2D eigenvalue weighted by Crippen LogP contribution is 2.28. The second-order valence-corrected chi connectivity index (χ2v) is 8.24. The van der Waals surface area contributed by atoms with E-state index >= 15 is 0 Å². The van der Waals surface area contributed by atoms with E-state index in [0.29, 0.717) is 31.8 Å². The standard InChI is InChI=1S/C23H39NO3/c1-3-4-14-23(24,15-16-25)19(2)17-26-21-10-12-22(13-11-21)27-18-20-8-6-5-7-9-20/h5-9,19,21-22,25H,3-4,10-18,24H2,1-2H3. The molecule has 0 spiro atoms. The summed E-state index contributed by atoms with van der Waals surface area (Å²) in [6.45, 7) is 5.87. The summed E-state index contributed by atoms with van der Waals surface area (Å²) >= 11 is 0. The van der Waals surface area contributed by atoms with E-state index in [4.69, 9.17) is 15.2 Å². The van der Waals surface area contributed by atoms with Gasteiger partial charge in [-0.2, -0.15) is 0 Å². The van der Waals surface area contributed by atoms with E-state index < -0.39 is 0 Å². The zero-order valence-corrected chi connectivity index (χ0v) is 17.2. The molecule has 0 aliphatic heterocycles. The molecule has 3 N–H and O–H groups in total. The summed E-state index contributed by atoms with van der Waals surface area (Å²) < 4.78 is 12.3. The molecule has 0 amide bonds. The summed E-state index contributed by atoms with van der Waals surface area (Å²) in [6.07, 6.45) is 8.72. The summed E-state index contributed by atoms with van der Waals surface area (Å²) in [5, 5.41) is 9.39. The van der Waals surface area contributed by atoms with Crippen molar-refractivity contribution in [2.45, 2.75) is 89.6 Å². The first-order valence-electron chi connectivity index (χ1n) is 10.7. The third-order valence-corrected chi connectivity index (χ3v) is 6.09. The number of benzene rings is 1. The number of unbranched alkanes of at least 4 members (excludes halogenated alkanes) is 1. The van der Waals surface area contributed by atoms with Crippen molar-refractivity contribution >= 4 is 0 Å². The van der Waals surface area contributed by atoms with Crippen LogP contribution in [0.15, 0.2) is 30.3 Å². The van der Waals surface area contributed by atoms with Gasteiger partial charge in [0.15, 0.2) is 0 Å². The average Bonchev–Trinajstić information content (AvgIpc) is 2.70. The van der Waals surface area contributed by atoms with Crippen LogP contribution < -0.4 is 5.73 Å². The lowest BCUT2D eigenvalue weighted by molar-refractivity contribution is -0.0506. The van der Waals surface area contributed by atoms with Gasteiger partial charge in [0.05, 0.1) is 25.4 Å². The molecule has 0 heterocycles. The van der Waals surface area contributed by atoms with Crippen LogP contribution in [0, 0.1) is 5.92 Å². The number of nitrogens with two attached hydrogens (primary N) is 1. The van der Waals surface area contributed by atoms with Crippen molar-refractivity contribution in [2.24, 2.45) is 11.7 Å². The van der Waals surface area contributed by atoms with E-state index in [9.17, 15) is 5.11 Å². The Labute approximate surface area is 165 Å². The van der Waals surface area contributed by atoms with Gasteiger partial charge in [-0.05, 0) is 50.0 Å². The van der Waals surface area contributed by atoms with Gasteiger partial charge >= 0.3 is 0 Å². The molecule has 0 radical (unpaired) electrons. The fourth-order valence-electron chi connectivity index (χ4n) is 3.93. The maximum absolute atomic E-state index is 9.39. The van der Waals surface area contributed by atoms with Crippen LogP contribution in [-0.4, -0.2) is 36.1 Å². The molecule has 1 aliphatic rings. The van der Waals surface area contributed by atoms with Gasteiger partial charge in [-0.1, -0.05) is 57.0 Å². The monoisotopic (exact) mass is 377 g/mol. The molecule has 1 aliphatic carbocycles. The van der Waals surface area contributed by atoms with Crippen LogP contribution in [0.4, 0.5) is 0 Å². The predicted octanol–water partition coefficient (Wildman–Crippen LogP) is 4.44. The topological polar surface area (TPSA) is 64.7 Å². The van der Waals surface area contributed by atoms with Crippen LogP contribution in [-0.2, 0) is 16.1 Å². The van der Waals surface area contributed by atoms with Crippen LogP contribution in [0.1, 0.15) is 70.8 Å². The molecular formula is C23H39NO3. The number of aliphatic hydroxyl groups excluding tert-OH is 1. The van der Waals surface area contributed by atoms with E-state index in [0.717, 1.165) is 44.9 Å². The van der Waals surface area contributed by atoms with Gasteiger partial charge in [0.1, 0.15) is 0 Å². The Morgan fingerprint density at radius 2 is 1.70 bits per heavy atom. The minimum absolute atomic E-state index is 0.147. The molecule has 2 unspecified atom stereocenters. The Balaban J connectivity index is 1.68. The fraction of sp³-hybridized carbons (Fsp3) is 0.739. The maximum Gasteiger partial charge on any atom is 0.0720 e. The summed E-state index contributed by atoms with van der Waals surface area (Å²) in [5.41, 5.74) is 7.53. The van der Waals surface area contributed by atoms with Crippen molar-refractivity contribution in [2.75, 3.05) is 13.2 Å². The number of hydrogen-bond donors (Lipinski definition) is 2. The first kappa shape index (κ1) is 22.4. The van der Waals surface area contributed by atoms with Crippen molar-refractivity contribution in [3.63, 3.8) is 0 Å². The molecule has 2 atom stereocenters. The normalized spacial score (nSPS) is 23.7. The summed E-state index contributed by atoms with van der Waals surface area (Å²) in [7, 11) is 0. The van der Waals surface area contributed by atoms with Crippen LogP contribution >= 0.6 is 0 Å². The lowest BCUT2D eigenvalue weighted by Gasteiger charge is -2.37. The third kappa shape index (κ3) is 7.53. The molecule has 2 rings (SSSR count). The molecule has 1 fully saturated rings. The smallest absolute Gasteiger partial charge is 0.0720 e. The highest BCUT2D eigenvalue weighted by Gasteiger charge is 2.32. The summed E-state index contributed by atoms with van der Waals surface area (Å²) in [5.74, 6) is 0.253. The molecular weight excluding hydrogens is 338 g/mol. The van der Waals surface area contributed by atoms with Gasteiger partial charge in [-0.25, -0.2) is 0 Å². The van der Waals surface area contributed by atoms with Gasteiger partial charge in [0, 0.05) is 12.1 Å². The van der Waals surface area contributed by atoms with E-state index in [2.05, 4.69) is 38.1 Å². The lowest BCUT2D eigenvalue weighted by Crippen LogP contribution is -2.49. The van der Waals surface area contributed by atoms with Gasteiger partial charge < -0.3 is 20.3 Å². The zero-order valence-electron chi connectivity index (χ0n) is 17.2. The summed E-state index contributed by atoms with van der Waals surface area (Å²) in [6, 6.07) is 10.4. The largest absolute Gasteiger partial charge is 0.396 e. The minimum Gasteiger partial charge on any atom is -0.396 e. The van der Waals surface area contributed by atoms with Gasteiger partial charge in [0.2, 0.25) is 0 Å². The van der Waals surface area contributed by atoms with Crippen molar-refractivity contribution in [3.05, 3.63) is 35.9 Å². The van der Waals surface area contributed by atoms with Gasteiger partial charge in [0.25, 0.3) is 0 Å². The Kier molecular flexibility index (Phi) is 9.77. The van der Waals surface area contributed by atoms with Crippen molar-refractivity contribution in [1.82, 2.24) is 0 Å². The highest BCUT2D eigenvalue weighted by atomic mass is 16.5. The predicted molar refractivity (Wildman–Crippen MR) is 111 cm³/mol. The minimum atomic E-state index is -0.319. The second kappa shape index (κ2) is 11.8. The van der Waals surface area contributed by atoms with Crippen LogP contribution in [0.25, 0.3) is 0 Å². The van der Waals surface area contributed by atoms with Gasteiger partial charge in [-0.3, -0.25) is 0 Å². The Morgan fingerprint density at radius 3 is 2.30 bits per heavy atom. The number of hydrogen-bond acceptors (Lipinski definition) is 4. The SMILES string of the molecule is CCCCC(N)(CCO)C(C)COC1CCC(OCc2ccccc2)CC1. The first-order valence-corrected chi connectivity index (χ1v) is 10.7. The molecule has 0 aromatic heterocycles. The first-order chi connectivity index (χ1) is 13.1. The van der Waals surface area contributed by atoms with E-state index in [-0.39, 0.29) is 18.1 Å². The molecule has 0 bridgehead atoms. The molecule has 1 aromatic carbocycles. The molecule has 0 saturated heterocycles. The quantitative estimate of drug-likeness (QED) is 0.565. The Hall–Kier alpha value is -0.940. The maximum atomic E-state index is 9.39.